The van der Waals surface area contributed by atoms with Gasteiger partial charge >= 0.3 is 0 Å². The van der Waals surface area contributed by atoms with E-state index in [1.165, 1.54) is 0 Å². The maximum Gasteiger partial charge on any atom is 0.197 e. The standard InChI is InChI=1S/C40H54O9/c1-19(2)28-31(45)26(21(4)41)33(47)40(18-24(43)17-37(8,9)10)34(48)29-32(46)27-25(20(3)38(29,11)35(49)39(28,40)12)14-13-22(30(27)44)15-23(42)16-36(5,6)7/h13-14,19-20,28,35,44-45,48-49H,15-18H2,1-12H3/t20-,28?,35-,38+,39+,40-/m1/s1. The fraction of sp³-hybridized carbons (Fsp3) is 0.625. The average molecular weight is 679 g/mol. The van der Waals surface area contributed by atoms with Gasteiger partial charge in [-0.15, -0.1) is 0 Å². The van der Waals surface area contributed by atoms with Gasteiger partial charge in [-0.25, -0.2) is 0 Å². The van der Waals surface area contributed by atoms with E-state index in [2.05, 4.69) is 0 Å². The second kappa shape index (κ2) is 12.0. The van der Waals surface area contributed by atoms with Crippen molar-refractivity contribution in [1.29, 1.82) is 0 Å². The van der Waals surface area contributed by atoms with Gasteiger partial charge in [-0.2, -0.15) is 0 Å². The van der Waals surface area contributed by atoms with Crippen LogP contribution in [0.25, 0.3) is 0 Å². The molecule has 4 rings (SSSR count). The number of hydrogen-bond acceptors (Lipinski definition) is 9. The molecule has 0 spiro atoms. The molecule has 9 nitrogen and oxygen atoms in total. The normalized spacial score (nSPS) is 30.3. The summed E-state index contributed by atoms with van der Waals surface area (Å²) in [5.41, 5.74) is -6.88. The summed E-state index contributed by atoms with van der Waals surface area (Å²) in [5.74, 6) is -7.16. The summed E-state index contributed by atoms with van der Waals surface area (Å²) >= 11 is 0. The third-order valence-electron chi connectivity index (χ3n) is 11.5. The van der Waals surface area contributed by atoms with E-state index in [4.69, 9.17) is 0 Å². The van der Waals surface area contributed by atoms with E-state index >= 15 is 0 Å². The van der Waals surface area contributed by atoms with Crippen molar-refractivity contribution in [2.75, 3.05) is 0 Å². The van der Waals surface area contributed by atoms with Gasteiger partial charge in [0, 0.05) is 53.6 Å². The van der Waals surface area contributed by atoms with E-state index in [0.717, 1.165) is 6.92 Å². The third kappa shape index (κ3) is 5.60. The Hall–Kier alpha value is -3.59. The van der Waals surface area contributed by atoms with Crippen LogP contribution in [0.1, 0.15) is 130 Å². The van der Waals surface area contributed by atoms with E-state index in [1.807, 2.05) is 41.5 Å². The minimum Gasteiger partial charge on any atom is -0.511 e. The molecule has 0 heterocycles. The zero-order chi connectivity index (χ0) is 37.6. The third-order valence-corrected chi connectivity index (χ3v) is 11.5. The van der Waals surface area contributed by atoms with Crippen LogP contribution in [0.2, 0.25) is 0 Å². The Balaban J connectivity index is 2.11. The van der Waals surface area contributed by atoms with Crippen LogP contribution in [0.5, 0.6) is 5.75 Å². The lowest BCUT2D eigenvalue weighted by molar-refractivity contribution is -0.188. The predicted molar refractivity (Wildman–Crippen MR) is 185 cm³/mol. The summed E-state index contributed by atoms with van der Waals surface area (Å²) < 4.78 is 0. The van der Waals surface area contributed by atoms with Crippen molar-refractivity contribution >= 4 is 28.9 Å². The molecule has 0 radical (unpaired) electrons. The van der Waals surface area contributed by atoms with Gasteiger partial charge in [0.2, 0.25) is 0 Å². The van der Waals surface area contributed by atoms with Gasteiger partial charge in [0.15, 0.2) is 17.3 Å². The van der Waals surface area contributed by atoms with Crippen molar-refractivity contribution in [3.8, 4) is 5.75 Å². The number of ketones is 5. The van der Waals surface area contributed by atoms with Gasteiger partial charge in [-0.1, -0.05) is 88.3 Å². The summed E-state index contributed by atoms with van der Waals surface area (Å²) in [6.45, 7) is 20.9. The molecule has 268 valence electrons. The number of fused-ring (bicyclic) bond motifs is 3. The van der Waals surface area contributed by atoms with Crippen molar-refractivity contribution in [2.45, 2.75) is 121 Å². The second-order valence-electron chi connectivity index (χ2n) is 18.0. The van der Waals surface area contributed by atoms with Gasteiger partial charge in [0.1, 0.15) is 34.2 Å². The fourth-order valence-electron chi connectivity index (χ4n) is 9.44. The molecule has 0 saturated heterocycles. The number of benzene rings is 1. The molecule has 0 bridgehead atoms. The molecule has 49 heavy (non-hydrogen) atoms. The lowest BCUT2D eigenvalue weighted by atomic mass is 9.37. The molecule has 1 aromatic rings. The van der Waals surface area contributed by atoms with Gasteiger partial charge < -0.3 is 20.4 Å². The molecule has 0 fully saturated rings. The van der Waals surface area contributed by atoms with Crippen molar-refractivity contribution < 1.29 is 44.4 Å². The second-order valence-corrected chi connectivity index (χ2v) is 18.0. The van der Waals surface area contributed by atoms with Gasteiger partial charge in [0.05, 0.1) is 17.2 Å². The van der Waals surface area contributed by atoms with Crippen LogP contribution in [-0.2, 0) is 25.6 Å². The highest BCUT2D eigenvalue weighted by molar-refractivity contribution is 6.25. The molecule has 4 N–H and O–H groups in total. The van der Waals surface area contributed by atoms with E-state index in [9.17, 15) is 44.4 Å². The minimum atomic E-state index is -2.30. The summed E-state index contributed by atoms with van der Waals surface area (Å²) in [6, 6.07) is 3.24. The number of phenols is 1. The van der Waals surface area contributed by atoms with E-state index in [-0.39, 0.29) is 47.2 Å². The zero-order valence-corrected chi connectivity index (χ0v) is 31.1. The maximum atomic E-state index is 14.8. The number of phenolic OH excluding ortho intramolecular Hbond substituents is 1. The Labute approximate surface area is 289 Å². The number of aliphatic hydroxyl groups is 3. The Morgan fingerprint density at radius 2 is 1.43 bits per heavy atom. The number of allylic oxidation sites excluding steroid dienone is 3. The van der Waals surface area contributed by atoms with Crippen LogP contribution in [-0.4, -0.2) is 55.4 Å². The molecule has 0 aromatic heterocycles. The first-order chi connectivity index (χ1) is 22.2. The average Bonchev–Trinajstić information content (AvgIpc) is 2.91. The quantitative estimate of drug-likeness (QED) is 0.210. The molecular formula is C40H54O9. The number of carbonyl (C=O) groups is 5. The molecular weight excluding hydrogens is 624 g/mol. The molecule has 9 heteroatoms. The Bertz CT molecular complexity index is 1710. The van der Waals surface area contributed by atoms with Crippen LogP contribution in [0.4, 0.5) is 0 Å². The highest BCUT2D eigenvalue weighted by Gasteiger charge is 2.76. The molecule has 0 amide bonds. The Kier molecular flexibility index (Phi) is 9.38. The van der Waals surface area contributed by atoms with Crippen molar-refractivity contribution in [3.63, 3.8) is 0 Å². The highest BCUT2D eigenvalue weighted by Crippen LogP contribution is 2.71. The highest BCUT2D eigenvalue weighted by atomic mass is 16.3. The molecule has 3 aliphatic rings. The maximum absolute atomic E-state index is 14.8. The van der Waals surface area contributed by atoms with Crippen molar-refractivity contribution in [1.82, 2.24) is 0 Å². The topological polar surface area (TPSA) is 166 Å². The van der Waals surface area contributed by atoms with E-state index in [0.29, 0.717) is 5.56 Å². The van der Waals surface area contributed by atoms with Gasteiger partial charge in [0.25, 0.3) is 0 Å². The first-order valence-corrected chi connectivity index (χ1v) is 17.2. The number of aliphatic hydroxyl groups excluding tert-OH is 3. The van der Waals surface area contributed by atoms with Crippen LogP contribution < -0.4 is 0 Å². The van der Waals surface area contributed by atoms with Crippen molar-refractivity contribution in [3.05, 3.63) is 51.5 Å². The largest absolute Gasteiger partial charge is 0.511 e. The number of hydrogen-bond donors (Lipinski definition) is 4. The summed E-state index contributed by atoms with van der Waals surface area (Å²) in [7, 11) is 0. The number of rotatable bonds is 8. The molecule has 6 atom stereocenters. The predicted octanol–water partition coefficient (Wildman–Crippen LogP) is 7.08. The van der Waals surface area contributed by atoms with Crippen LogP contribution in [0, 0.1) is 38.9 Å². The SMILES string of the molecule is CC(=O)C1=C(O)C(C(C)C)[C@@]2(C)[C@H](O)[C@]3(C)C(=C(O)[C@@]2(CC(=O)CC(C)(C)C)C1=O)C(=O)c1c(ccc(CC(=O)CC(C)(C)C)c1O)[C@H]3C. The number of Topliss-reactive ketones (excluding diaryl/α,β-unsaturated/α-hetero) is 5. The molecule has 1 unspecified atom stereocenters. The van der Waals surface area contributed by atoms with Crippen molar-refractivity contribution in [2.24, 2.45) is 38.9 Å². The Morgan fingerprint density at radius 1 is 0.898 bits per heavy atom. The summed E-state index contributed by atoms with van der Waals surface area (Å²) in [5, 5.41) is 48.7. The fourth-order valence-corrected chi connectivity index (χ4v) is 9.44. The monoisotopic (exact) mass is 678 g/mol. The summed E-state index contributed by atoms with van der Waals surface area (Å²) in [4.78, 5) is 69.6. The first-order valence-electron chi connectivity index (χ1n) is 17.2. The first kappa shape index (κ1) is 38.2. The van der Waals surface area contributed by atoms with Crippen LogP contribution in [0.3, 0.4) is 0 Å². The van der Waals surface area contributed by atoms with E-state index < -0.39 is 97.9 Å². The summed E-state index contributed by atoms with van der Waals surface area (Å²) in [6.07, 6.45) is -2.14. The zero-order valence-electron chi connectivity index (χ0n) is 31.1. The lowest BCUT2D eigenvalue weighted by Crippen LogP contribution is -2.70. The van der Waals surface area contributed by atoms with Gasteiger partial charge in [-0.3, -0.25) is 24.0 Å². The number of carbonyl (C=O) groups excluding carboxylic acids is 5. The molecule has 0 saturated carbocycles. The van der Waals surface area contributed by atoms with Crippen LogP contribution >= 0.6 is 0 Å². The smallest absolute Gasteiger partial charge is 0.197 e. The molecule has 1 aromatic carbocycles. The number of aromatic hydroxyl groups is 1. The van der Waals surface area contributed by atoms with E-state index in [1.54, 1.807) is 46.8 Å². The molecule has 0 aliphatic heterocycles. The van der Waals surface area contributed by atoms with Gasteiger partial charge in [-0.05, 0) is 35.2 Å². The minimum absolute atomic E-state index is 0.00847. The molecule has 3 aliphatic carbocycles. The van der Waals surface area contributed by atoms with Crippen LogP contribution in [0.15, 0.2) is 34.8 Å². The lowest BCUT2D eigenvalue weighted by Gasteiger charge is -2.65. The Morgan fingerprint density at radius 3 is 1.92 bits per heavy atom.